The number of halogens is 2. The van der Waals surface area contributed by atoms with Gasteiger partial charge in [-0.25, -0.2) is 0 Å². The molecule has 2 rings (SSSR count). The molecule has 1 aliphatic carbocycles. The molecule has 6 heteroatoms. The molecule has 0 heterocycles. The van der Waals surface area contributed by atoms with E-state index in [2.05, 4.69) is 29.7 Å². The van der Waals surface area contributed by atoms with E-state index in [1.807, 2.05) is 19.1 Å². The van der Waals surface area contributed by atoms with Gasteiger partial charge in [-0.05, 0) is 57.2 Å². The number of nitrogens with one attached hydrogen (secondary N) is 2. The SMILES string of the molecule is CCNC(=NCC1(c2cccc(Cl)c2)CC1)NCCCCOCC.I. The Labute approximate surface area is 174 Å². The highest BCUT2D eigenvalue weighted by Crippen LogP contribution is 2.48. The highest BCUT2D eigenvalue weighted by Gasteiger charge is 2.44. The Hall–Kier alpha value is -0.530. The Kier molecular flexibility index (Phi) is 10.8. The monoisotopic (exact) mass is 479 g/mol. The molecule has 1 saturated carbocycles. The zero-order valence-corrected chi connectivity index (χ0v) is 18.4. The molecule has 0 unspecified atom stereocenters. The summed E-state index contributed by atoms with van der Waals surface area (Å²) in [6.07, 6.45) is 4.53. The number of hydrogen-bond acceptors (Lipinski definition) is 2. The minimum atomic E-state index is 0. The third kappa shape index (κ3) is 7.71. The minimum absolute atomic E-state index is 0. The molecule has 0 bridgehead atoms. The number of ether oxygens (including phenoxy) is 1. The molecule has 1 aliphatic rings. The van der Waals surface area contributed by atoms with Crippen LogP contribution in [0.25, 0.3) is 0 Å². The van der Waals surface area contributed by atoms with Crippen LogP contribution in [0.1, 0.15) is 45.1 Å². The second-order valence-corrected chi connectivity index (χ2v) is 6.75. The highest BCUT2D eigenvalue weighted by molar-refractivity contribution is 14.0. The van der Waals surface area contributed by atoms with Crippen LogP contribution < -0.4 is 10.6 Å². The fourth-order valence-electron chi connectivity index (χ4n) is 2.76. The molecular weight excluding hydrogens is 449 g/mol. The molecule has 142 valence electrons. The van der Waals surface area contributed by atoms with Gasteiger partial charge in [0.1, 0.15) is 0 Å². The Bertz CT molecular complexity index is 535. The van der Waals surface area contributed by atoms with Crippen molar-refractivity contribution in [1.82, 2.24) is 10.6 Å². The molecule has 0 atom stereocenters. The molecule has 0 amide bonds. The van der Waals surface area contributed by atoms with E-state index in [4.69, 9.17) is 21.3 Å². The Morgan fingerprint density at radius 3 is 2.68 bits per heavy atom. The van der Waals surface area contributed by atoms with Crippen molar-refractivity contribution in [2.45, 2.75) is 44.9 Å². The van der Waals surface area contributed by atoms with E-state index >= 15 is 0 Å². The number of nitrogens with zero attached hydrogens (tertiary/aromatic N) is 1. The smallest absolute Gasteiger partial charge is 0.191 e. The summed E-state index contributed by atoms with van der Waals surface area (Å²) in [5.41, 5.74) is 1.49. The molecule has 1 aromatic carbocycles. The molecule has 4 nitrogen and oxygen atoms in total. The maximum absolute atomic E-state index is 6.14. The molecule has 0 saturated heterocycles. The third-order valence-corrected chi connectivity index (χ3v) is 4.62. The van der Waals surface area contributed by atoms with Gasteiger partial charge in [0, 0.05) is 36.7 Å². The molecule has 2 N–H and O–H groups in total. The standard InChI is InChI=1S/C19H30ClN3O.HI/c1-3-21-18(22-12-5-6-13-24-4-2)23-15-19(10-11-19)16-8-7-9-17(20)14-16;/h7-9,14H,3-6,10-13,15H2,1-2H3,(H2,21,22,23);1H. The van der Waals surface area contributed by atoms with Crippen molar-refractivity contribution < 1.29 is 4.74 Å². The Morgan fingerprint density at radius 1 is 1.24 bits per heavy atom. The van der Waals surface area contributed by atoms with Crippen molar-refractivity contribution in [3.8, 4) is 0 Å². The number of rotatable bonds is 10. The zero-order valence-electron chi connectivity index (χ0n) is 15.3. The van der Waals surface area contributed by atoms with Crippen LogP contribution in [0.3, 0.4) is 0 Å². The van der Waals surface area contributed by atoms with Gasteiger partial charge in [-0.15, -0.1) is 24.0 Å². The lowest BCUT2D eigenvalue weighted by molar-refractivity contribution is 0.143. The van der Waals surface area contributed by atoms with Crippen LogP contribution >= 0.6 is 35.6 Å². The third-order valence-electron chi connectivity index (χ3n) is 4.39. The lowest BCUT2D eigenvalue weighted by atomic mass is 9.96. The van der Waals surface area contributed by atoms with Crippen molar-refractivity contribution in [3.63, 3.8) is 0 Å². The summed E-state index contributed by atoms with van der Waals surface area (Å²) in [7, 11) is 0. The van der Waals surface area contributed by atoms with Crippen molar-refractivity contribution in [3.05, 3.63) is 34.9 Å². The average molecular weight is 480 g/mol. The maximum atomic E-state index is 6.14. The van der Waals surface area contributed by atoms with Gasteiger partial charge in [0.05, 0.1) is 6.54 Å². The second-order valence-electron chi connectivity index (χ2n) is 6.32. The number of unbranched alkanes of at least 4 members (excludes halogenated alkanes) is 1. The Morgan fingerprint density at radius 2 is 2.04 bits per heavy atom. The van der Waals surface area contributed by atoms with E-state index in [9.17, 15) is 0 Å². The van der Waals surface area contributed by atoms with Crippen molar-refractivity contribution in [1.29, 1.82) is 0 Å². The lowest BCUT2D eigenvalue weighted by Crippen LogP contribution is -2.38. The van der Waals surface area contributed by atoms with Crippen LogP contribution in [-0.2, 0) is 10.2 Å². The molecule has 0 radical (unpaired) electrons. The van der Waals surface area contributed by atoms with Gasteiger partial charge < -0.3 is 15.4 Å². The first kappa shape index (κ1) is 22.5. The van der Waals surface area contributed by atoms with Gasteiger partial charge in [-0.3, -0.25) is 4.99 Å². The Balaban J connectivity index is 0.00000312. The van der Waals surface area contributed by atoms with E-state index in [-0.39, 0.29) is 29.4 Å². The molecule has 0 aliphatic heterocycles. The molecule has 1 fully saturated rings. The van der Waals surface area contributed by atoms with Crippen LogP contribution in [0.4, 0.5) is 0 Å². The summed E-state index contributed by atoms with van der Waals surface area (Å²) in [6.45, 7) is 8.35. The number of aliphatic imine (C=N–C) groups is 1. The van der Waals surface area contributed by atoms with Crippen molar-refractivity contribution >= 4 is 41.5 Å². The summed E-state index contributed by atoms with van der Waals surface area (Å²) in [5.74, 6) is 0.905. The average Bonchev–Trinajstić information content (AvgIpc) is 3.37. The summed E-state index contributed by atoms with van der Waals surface area (Å²) < 4.78 is 5.36. The summed E-state index contributed by atoms with van der Waals surface area (Å²) >= 11 is 6.14. The van der Waals surface area contributed by atoms with E-state index in [0.717, 1.165) is 56.7 Å². The van der Waals surface area contributed by atoms with Crippen LogP contribution in [0, 0.1) is 0 Å². The zero-order chi connectivity index (χ0) is 17.3. The fourth-order valence-corrected chi connectivity index (χ4v) is 2.95. The topological polar surface area (TPSA) is 45.7 Å². The quantitative estimate of drug-likeness (QED) is 0.227. The first-order valence-corrected chi connectivity index (χ1v) is 9.44. The first-order valence-electron chi connectivity index (χ1n) is 9.06. The summed E-state index contributed by atoms with van der Waals surface area (Å²) in [4.78, 5) is 4.81. The van der Waals surface area contributed by atoms with Crippen LogP contribution in [0.5, 0.6) is 0 Å². The molecule has 1 aromatic rings. The van der Waals surface area contributed by atoms with Gasteiger partial charge in [-0.2, -0.15) is 0 Å². The van der Waals surface area contributed by atoms with Crippen LogP contribution in [0.2, 0.25) is 5.02 Å². The number of guanidine groups is 1. The second kappa shape index (κ2) is 12.0. The highest BCUT2D eigenvalue weighted by atomic mass is 127. The van der Waals surface area contributed by atoms with Crippen LogP contribution in [-0.4, -0.2) is 38.8 Å². The van der Waals surface area contributed by atoms with Crippen molar-refractivity contribution in [2.24, 2.45) is 4.99 Å². The fraction of sp³-hybridized carbons (Fsp3) is 0.632. The van der Waals surface area contributed by atoms with E-state index in [1.54, 1.807) is 0 Å². The van der Waals surface area contributed by atoms with Crippen molar-refractivity contribution in [2.75, 3.05) is 32.8 Å². The molecular formula is C19H31ClIN3O. The first-order chi connectivity index (χ1) is 11.7. The number of hydrogen-bond donors (Lipinski definition) is 2. The lowest BCUT2D eigenvalue weighted by Gasteiger charge is -2.16. The van der Waals surface area contributed by atoms with Gasteiger partial charge in [-0.1, -0.05) is 23.7 Å². The van der Waals surface area contributed by atoms with E-state index in [0.29, 0.717) is 0 Å². The van der Waals surface area contributed by atoms with E-state index in [1.165, 1.54) is 18.4 Å². The van der Waals surface area contributed by atoms with Crippen LogP contribution in [0.15, 0.2) is 29.3 Å². The van der Waals surface area contributed by atoms with E-state index < -0.39 is 0 Å². The molecule has 0 aromatic heterocycles. The summed E-state index contributed by atoms with van der Waals surface area (Å²) in [5, 5.41) is 7.56. The minimum Gasteiger partial charge on any atom is -0.382 e. The maximum Gasteiger partial charge on any atom is 0.191 e. The number of benzene rings is 1. The normalized spacial score (nSPS) is 15.4. The van der Waals surface area contributed by atoms with Gasteiger partial charge in [0.15, 0.2) is 5.96 Å². The van der Waals surface area contributed by atoms with Gasteiger partial charge in [0.2, 0.25) is 0 Å². The summed E-state index contributed by atoms with van der Waals surface area (Å²) in [6, 6.07) is 8.21. The predicted molar refractivity (Wildman–Crippen MR) is 117 cm³/mol. The predicted octanol–water partition coefficient (Wildman–Crippen LogP) is 4.36. The molecule has 0 spiro atoms. The molecule has 25 heavy (non-hydrogen) atoms. The van der Waals surface area contributed by atoms with Gasteiger partial charge in [0.25, 0.3) is 0 Å². The van der Waals surface area contributed by atoms with Gasteiger partial charge >= 0.3 is 0 Å². The largest absolute Gasteiger partial charge is 0.382 e.